The van der Waals surface area contributed by atoms with Gasteiger partial charge in [-0.15, -0.1) is 13.2 Å². The van der Waals surface area contributed by atoms with Crippen molar-refractivity contribution in [3.05, 3.63) is 60.7 Å². The van der Waals surface area contributed by atoms with Crippen molar-refractivity contribution in [2.24, 2.45) is 7.05 Å². The van der Waals surface area contributed by atoms with E-state index in [2.05, 4.69) is 11.3 Å². The van der Waals surface area contributed by atoms with Crippen molar-refractivity contribution in [3.8, 4) is 22.8 Å². The number of hydrogen-bond acceptors (Lipinski definition) is 5. The van der Waals surface area contributed by atoms with Gasteiger partial charge in [0.2, 0.25) is 0 Å². The summed E-state index contributed by atoms with van der Waals surface area (Å²) in [5.74, 6) is -0.457. The molecule has 1 atom stereocenters. The van der Waals surface area contributed by atoms with Gasteiger partial charge in [-0.1, -0.05) is 18.7 Å². The van der Waals surface area contributed by atoms with E-state index in [9.17, 15) is 23.1 Å². The normalized spacial score (nSPS) is 12.4. The average molecular weight is 449 g/mol. The molecule has 0 aliphatic heterocycles. The SMILES string of the molecule is C=C(C)C(=O)OCC(O)COc1ccc2cc(-c3ccccc3OC(F)(F)F)n(C)c2c1. The van der Waals surface area contributed by atoms with Crippen LogP contribution in [0.2, 0.25) is 0 Å². The van der Waals surface area contributed by atoms with Gasteiger partial charge < -0.3 is 23.9 Å². The Labute approximate surface area is 182 Å². The van der Waals surface area contributed by atoms with E-state index < -0.39 is 18.4 Å². The average Bonchev–Trinajstić information content (AvgIpc) is 3.05. The second-order valence-corrected chi connectivity index (χ2v) is 7.20. The van der Waals surface area contributed by atoms with Crippen LogP contribution in [0.15, 0.2) is 60.7 Å². The van der Waals surface area contributed by atoms with E-state index >= 15 is 0 Å². The molecule has 0 spiro atoms. The molecule has 1 N–H and O–H groups in total. The lowest BCUT2D eigenvalue weighted by molar-refractivity contribution is -0.274. The summed E-state index contributed by atoms with van der Waals surface area (Å²) in [6, 6.07) is 12.8. The fourth-order valence-electron chi connectivity index (χ4n) is 3.09. The molecule has 32 heavy (non-hydrogen) atoms. The van der Waals surface area contributed by atoms with E-state index in [-0.39, 0.29) is 24.5 Å². The molecule has 1 heterocycles. The first-order chi connectivity index (χ1) is 15.0. The van der Waals surface area contributed by atoms with Crippen molar-refractivity contribution in [1.29, 1.82) is 0 Å². The minimum atomic E-state index is -4.80. The monoisotopic (exact) mass is 449 g/mol. The van der Waals surface area contributed by atoms with Crippen LogP contribution in [0.5, 0.6) is 11.5 Å². The molecule has 0 radical (unpaired) electrons. The van der Waals surface area contributed by atoms with Crippen LogP contribution in [-0.4, -0.2) is 41.3 Å². The van der Waals surface area contributed by atoms with Gasteiger partial charge in [-0.05, 0) is 37.3 Å². The van der Waals surface area contributed by atoms with Crippen LogP contribution in [-0.2, 0) is 16.6 Å². The van der Waals surface area contributed by atoms with Crippen LogP contribution in [0.25, 0.3) is 22.2 Å². The number of esters is 1. The quantitative estimate of drug-likeness (QED) is 0.402. The van der Waals surface area contributed by atoms with E-state index in [0.29, 0.717) is 22.5 Å². The van der Waals surface area contributed by atoms with E-state index in [1.54, 1.807) is 48.0 Å². The number of aliphatic hydroxyl groups excluding tert-OH is 1. The van der Waals surface area contributed by atoms with E-state index in [1.165, 1.54) is 19.1 Å². The van der Waals surface area contributed by atoms with Crippen molar-refractivity contribution in [2.45, 2.75) is 19.4 Å². The summed E-state index contributed by atoms with van der Waals surface area (Å²) in [4.78, 5) is 11.4. The summed E-state index contributed by atoms with van der Waals surface area (Å²) in [6.07, 6.45) is -5.84. The van der Waals surface area contributed by atoms with Crippen molar-refractivity contribution >= 4 is 16.9 Å². The Balaban J connectivity index is 1.78. The van der Waals surface area contributed by atoms with Crippen molar-refractivity contribution < 1.29 is 37.3 Å². The third kappa shape index (κ3) is 5.61. The van der Waals surface area contributed by atoms with Gasteiger partial charge in [-0.25, -0.2) is 4.79 Å². The molecule has 0 saturated heterocycles. The fraction of sp³-hybridized carbons (Fsp3) is 0.261. The minimum absolute atomic E-state index is 0.117. The molecular formula is C23H22F3NO5. The van der Waals surface area contributed by atoms with E-state index in [1.807, 2.05) is 0 Å². The van der Waals surface area contributed by atoms with Crippen LogP contribution in [0.3, 0.4) is 0 Å². The molecule has 0 aliphatic carbocycles. The topological polar surface area (TPSA) is 69.9 Å². The first-order valence-electron chi connectivity index (χ1n) is 9.63. The predicted octanol–water partition coefficient (Wildman–Crippen LogP) is 4.60. The standard InChI is InChI=1S/C23H22F3NO5/c1-14(2)22(29)31-13-16(28)12-30-17-9-8-15-10-20(27(3)19(15)11-17)18-6-4-5-7-21(18)32-23(24,25)26/h4-11,16,28H,1,12-13H2,2-3H3. The van der Waals surface area contributed by atoms with Gasteiger partial charge in [0.15, 0.2) is 0 Å². The first-order valence-corrected chi connectivity index (χ1v) is 9.63. The zero-order valence-corrected chi connectivity index (χ0v) is 17.5. The smallest absolute Gasteiger partial charge is 0.491 e. The van der Waals surface area contributed by atoms with Crippen molar-refractivity contribution in [1.82, 2.24) is 4.57 Å². The number of fused-ring (bicyclic) bond motifs is 1. The van der Waals surface area contributed by atoms with Gasteiger partial charge in [0, 0.05) is 29.6 Å². The molecule has 170 valence electrons. The summed E-state index contributed by atoms with van der Waals surface area (Å²) in [5.41, 5.74) is 1.76. The number of benzene rings is 2. The number of halogens is 3. The van der Waals surface area contributed by atoms with E-state index in [0.717, 1.165) is 5.39 Å². The van der Waals surface area contributed by atoms with Gasteiger partial charge in [-0.2, -0.15) is 0 Å². The second kappa shape index (κ2) is 9.35. The number of aromatic nitrogens is 1. The highest BCUT2D eigenvalue weighted by Gasteiger charge is 2.32. The third-order valence-corrected chi connectivity index (χ3v) is 4.60. The molecule has 3 aromatic rings. The van der Waals surface area contributed by atoms with Crippen LogP contribution >= 0.6 is 0 Å². The molecule has 0 bridgehead atoms. The van der Waals surface area contributed by atoms with Crippen LogP contribution in [0, 0.1) is 0 Å². The predicted molar refractivity (Wildman–Crippen MR) is 112 cm³/mol. The molecule has 3 rings (SSSR count). The molecule has 0 fully saturated rings. The Morgan fingerprint density at radius 2 is 1.88 bits per heavy atom. The Bertz CT molecular complexity index is 1140. The Kier molecular flexibility index (Phi) is 6.78. The highest BCUT2D eigenvalue weighted by Crippen LogP contribution is 2.37. The highest BCUT2D eigenvalue weighted by molar-refractivity contribution is 5.89. The molecule has 6 nitrogen and oxygen atoms in total. The Hall–Kier alpha value is -3.46. The molecule has 0 amide bonds. The lowest BCUT2D eigenvalue weighted by atomic mass is 10.1. The summed E-state index contributed by atoms with van der Waals surface area (Å²) in [6.45, 7) is 4.60. The Morgan fingerprint density at radius 3 is 2.56 bits per heavy atom. The number of para-hydroxylation sites is 1. The number of carbonyl (C=O) groups excluding carboxylic acids is 1. The molecular weight excluding hydrogens is 427 g/mol. The Morgan fingerprint density at radius 1 is 1.16 bits per heavy atom. The third-order valence-electron chi connectivity index (χ3n) is 4.60. The summed E-state index contributed by atoms with van der Waals surface area (Å²) >= 11 is 0. The maximum Gasteiger partial charge on any atom is 0.573 e. The summed E-state index contributed by atoms with van der Waals surface area (Å²) in [7, 11) is 1.72. The molecule has 2 aromatic carbocycles. The number of nitrogens with zero attached hydrogens (tertiary/aromatic N) is 1. The number of ether oxygens (including phenoxy) is 3. The maximum absolute atomic E-state index is 12.8. The second-order valence-electron chi connectivity index (χ2n) is 7.20. The number of rotatable bonds is 8. The molecule has 9 heteroatoms. The summed E-state index contributed by atoms with van der Waals surface area (Å²) < 4.78 is 54.7. The van der Waals surface area contributed by atoms with Crippen LogP contribution in [0.4, 0.5) is 13.2 Å². The first kappa shape index (κ1) is 23.2. The lowest BCUT2D eigenvalue weighted by Crippen LogP contribution is -2.25. The van der Waals surface area contributed by atoms with Gasteiger partial charge in [-0.3, -0.25) is 0 Å². The number of aryl methyl sites for hydroxylation is 1. The molecule has 0 saturated carbocycles. The minimum Gasteiger partial charge on any atom is -0.491 e. The van der Waals surface area contributed by atoms with Gasteiger partial charge in [0.05, 0.1) is 11.2 Å². The van der Waals surface area contributed by atoms with Gasteiger partial charge in [0.25, 0.3) is 0 Å². The maximum atomic E-state index is 12.8. The molecule has 0 aliphatic rings. The zero-order chi connectivity index (χ0) is 23.5. The van der Waals surface area contributed by atoms with Gasteiger partial charge in [0.1, 0.15) is 30.8 Å². The fourth-order valence-corrected chi connectivity index (χ4v) is 3.09. The zero-order valence-electron chi connectivity index (χ0n) is 17.5. The summed E-state index contributed by atoms with van der Waals surface area (Å²) in [5, 5.41) is 10.7. The van der Waals surface area contributed by atoms with Gasteiger partial charge >= 0.3 is 12.3 Å². The molecule has 1 aromatic heterocycles. The van der Waals surface area contributed by atoms with E-state index in [4.69, 9.17) is 9.47 Å². The van der Waals surface area contributed by atoms with Crippen LogP contribution in [0.1, 0.15) is 6.92 Å². The number of alkyl halides is 3. The van der Waals surface area contributed by atoms with Crippen LogP contribution < -0.4 is 9.47 Å². The van der Waals surface area contributed by atoms with Crippen molar-refractivity contribution in [2.75, 3.05) is 13.2 Å². The molecule has 1 unspecified atom stereocenters. The largest absolute Gasteiger partial charge is 0.573 e. The number of carbonyl (C=O) groups is 1. The van der Waals surface area contributed by atoms with Crippen molar-refractivity contribution in [3.63, 3.8) is 0 Å². The number of aliphatic hydroxyl groups is 1. The lowest BCUT2D eigenvalue weighted by Gasteiger charge is -2.14. The number of hydrogen-bond donors (Lipinski definition) is 1. The highest BCUT2D eigenvalue weighted by atomic mass is 19.4.